The van der Waals surface area contributed by atoms with Crippen LogP contribution in [0.15, 0.2) is 35.7 Å². The average Bonchev–Trinajstić information content (AvgIpc) is 3.06. The molecule has 0 N–H and O–H groups in total. The standard InChI is InChI=1S/C17H17ClFNO2S/c18-14-4-1-5-15(19)16(14)17(21)20(11-13-3-2-10-23-13)12-6-8-22-9-7-12/h1-5,10,12H,6-9,11H2. The number of nitrogens with zero attached hydrogens (tertiary/aromatic N) is 1. The SMILES string of the molecule is O=C(c1c(F)cccc1Cl)N(Cc1cccs1)C1CCOCC1. The van der Waals surface area contributed by atoms with Crippen LogP contribution in [0.5, 0.6) is 0 Å². The predicted molar refractivity (Wildman–Crippen MR) is 89.4 cm³/mol. The van der Waals surface area contributed by atoms with Crippen molar-refractivity contribution in [1.82, 2.24) is 4.90 Å². The highest BCUT2D eigenvalue weighted by molar-refractivity contribution is 7.09. The molecule has 122 valence electrons. The van der Waals surface area contributed by atoms with Crippen LogP contribution in [0.3, 0.4) is 0 Å². The van der Waals surface area contributed by atoms with Gasteiger partial charge in [-0.15, -0.1) is 11.3 Å². The summed E-state index contributed by atoms with van der Waals surface area (Å²) in [5, 5.41) is 2.12. The van der Waals surface area contributed by atoms with Crippen LogP contribution in [0.4, 0.5) is 4.39 Å². The first kappa shape index (κ1) is 16.4. The fourth-order valence-electron chi connectivity index (χ4n) is 2.78. The Morgan fingerprint density at radius 2 is 2.09 bits per heavy atom. The fraction of sp³-hybridized carbons (Fsp3) is 0.353. The quantitative estimate of drug-likeness (QED) is 0.817. The summed E-state index contributed by atoms with van der Waals surface area (Å²) in [5.74, 6) is -0.931. The highest BCUT2D eigenvalue weighted by atomic mass is 35.5. The molecule has 0 saturated carbocycles. The van der Waals surface area contributed by atoms with Crippen molar-refractivity contribution in [3.63, 3.8) is 0 Å². The van der Waals surface area contributed by atoms with E-state index < -0.39 is 5.82 Å². The van der Waals surface area contributed by atoms with Gasteiger partial charge in [0.05, 0.1) is 17.1 Å². The highest BCUT2D eigenvalue weighted by Crippen LogP contribution is 2.26. The second kappa shape index (κ2) is 7.43. The lowest BCUT2D eigenvalue weighted by Crippen LogP contribution is -2.43. The van der Waals surface area contributed by atoms with E-state index >= 15 is 0 Å². The van der Waals surface area contributed by atoms with Crippen LogP contribution in [0.25, 0.3) is 0 Å². The molecule has 0 bridgehead atoms. The van der Waals surface area contributed by atoms with E-state index in [4.69, 9.17) is 16.3 Å². The van der Waals surface area contributed by atoms with Gasteiger partial charge < -0.3 is 9.64 Å². The zero-order valence-corrected chi connectivity index (χ0v) is 14.1. The fourth-order valence-corrected chi connectivity index (χ4v) is 3.73. The van der Waals surface area contributed by atoms with E-state index in [0.29, 0.717) is 19.8 Å². The number of hydrogen-bond acceptors (Lipinski definition) is 3. The minimum Gasteiger partial charge on any atom is -0.381 e. The minimum absolute atomic E-state index is 0.0361. The number of carbonyl (C=O) groups is 1. The van der Waals surface area contributed by atoms with Crippen molar-refractivity contribution in [2.45, 2.75) is 25.4 Å². The third-order valence-electron chi connectivity index (χ3n) is 3.98. The van der Waals surface area contributed by atoms with Crippen molar-refractivity contribution in [3.8, 4) is 0 Å². The summed E-state index contributed by atoms with van der Waals surface area (Å²) in [6, 6.07) is 8.29. The largest absolute Gasteiger partial charge is 0.381 e. The van der Waals surface area contributed by atoms with Crippen LogP contribution in [-0.2, 0) is 11.3 Å². The maximum Gasteiger partial charge on any atom is 0.258 e. The lowest BCUT2D eigenvalue weighted by Gasteiger charge is -2.34. The molecule has 3 nitrogen and oxygen atoms in total. The molecule has 1 aromatic heterocycles. The zero-order valence-electron chi connectivity index (χ0n) is 12.5. The first-order valence-corrected chi connectivity index (χ1v) is 8.77. The number of hydrogen-bond donors (Lipinski definition) is 0. The summed E-state index contributed by atoms with van der Waals surface area (Å²) in [5.41, 5.74) is -0.0442. The van der Waals surface area contributed by atoms with Crippen molar-refractivity contribution in [1.29, 1.82) is 0 Å². The Morgan fingerprint density at radius 1 is 1.30 bits per heavy atom. The Balaban J connectivity index is 1.91. The first-order valence-electron chi connectivity index (χ1n) is 7.52. The molecule has 23 heavy (non-hydrogen) atoms. The van der Waals surface area contributed by atoms with Crippen molar-refractivity contribution in [3.05, 3.63) is 57.0 Å². The van der Waals surface area contributed by atoms with Gasteiger partial charge in [0.25, 0.3) is 5.91 Å². The first-order chi connectivity index (χ1) is 11.2. The summed E-state index contributed by atoms with van der Waals surface area (Å²) in [7, 11) is 0. The van der Waals surface area contributed by atoms with E-state index in [1.165, 1.54) is 12.1 Å². The normalized spacial score (nSPS) is 15.6. The Kier molecular flexibility index (Phi) is 5.30. The molecule has 6 heteroatoms. The molecular weight excluding hydrogens is 337 g/mol. The number of rotatable bonds is 4. The third kappa shape index (κ3) is 3.74. The van der Waals surface area contributed by atoms with Crippen LogP contribution >= 0.6 is 22.9 Å². The number of benzene rings is 1. The van der Waals surface area contributed by atoms with Gasteiger partial charge in [-0.1, -0.05) is 23.7 Å². The van der Waals surface area contributed by atoms with E-state index in [1.54, 1.807) is 22.3 Å². The van der Waals surface area contributed by atoms with Crippen molar-refractivity contribution in [2.24, 2.45) is 0 Å². The molecule has 1 aromatic carbocycles. The monoisotopic (exact) mass is 353 g/mol. The number of halogens is 2. The lowest BCUT2D eigenvalue weighted by molar-refractivity contribution is 0.0267. The van der Waals surface area contributed by atoms with Crippen LogP contribution in [0, 0.1) is 5.82 Å². The van der Waals surface area contributed by atoms with Crippen molar-refractivity contribution < 1.29 is 13.9 Å². The Hall–Kier alpha value is -1.43. The van der Waals surface area contributed by atoms with E-state index in [-0.39, 0.29) is 22.5 Å². The maximum atomic E-state index is 14.2. The summed E-state index contributed by atoms with van der Waals surface area (Å²) < 4.78 is 19.5. The molecule has 0 atom stereocenters. The second-order valence-corrected chi connectivity index (χ2v) is 6.89. The molecule has 1 fully saturated rings. The number of amides is 1. The zero-order chi connectivity index (χ0) is 16.2. The average molecular weight is 354 g/mol. The molecule has 1 saturated heterocycles. The van der Waals surface area contributed by atoms with Gasteiger partial charge in [0.15, 0.2) is 0 Å². The van der Waals surface area contributed by atoms with Crippen molar-refractivity contribution in [2.75, 3.05) is 13.2 Å². The summed E-state index contributed by atoms with van der Waals surface area (Å²) >= 11 is 7.66. The molecule has 0 aliphatic carbocycles. The summed E-state index contributed by atoms with van der Waals surface area (Å²) in [6.45, 7) is 1.69. The maximum absolute atomic E-state index is 14.2. The molecule has 0 spiro atoms. The topological polar surface area (TPSA) is 29.5 Å². The smallest absolute Gasteiger partial charge is 0.258 e. The lowest BCUT2D eigenvalue weighted by atomic mass is 10.0. The van der Waals surface area contributed by atoms with Gasteiger partial charge in [-0.05, 0) is 36.4 Å². The minimum atomic E-state index is -0.578. The molecule has 1 amide bonds. The van der Waals surface area contributed by atoms with Crippen molar-refractivity contribution >= 4 is 28.8 Å². The van der Waals surface area contributed by atoms with Crippen LogP contribution in [-0.4, -0.2) is 30.1 Å². The van der Waals surface area contributed by atoms with E-state index in [9.17, 15) is 9.18 Å². The molecule has 0 unspecified atom stereocenters. The second-order valence-electron chi connectivity index (χ2n) is 5.45. The molecular formula is C17H17ClFNO2S. The Bertz CT molecular complexity index is 651. The summed E-state index contributed by atoms with van der Waals surface area (Å²) in [6.07, 6.45) is 1.51. The molecule has 3 rings (SSSR count). The van der Waals surface area contributed by atoms with Crippen LogP contribution in [0.1, 0.15) is 28.1 Å². The van der Waals surface area contributed by atoms with Gasteiger partial charge in [0.2, 0.25) is 0 Å². The van der Waals surface area contributed by atoms with Gasteiger partial charge in [-0.2, -0.15) is 0 Å². The Morgan fingerprint density at radius 3 is 2.74 bits per heavy atom. The van der Waals surface area contributed by atoms with E-state index in [0.717, 1.165) is 17.7 Å². The van der Waals surface area contributed by atoms with Gasteiger partial charge in [-0.3, -0.25) is 4.79 Å². The predicted octanol–water partition coefficient (Wildman–Crippen LogP) is 4.36. The molecule has 2 heterocycles. The Labute approximate surface area is 143 Å². The van der Waals surface area contributed by atoms with Crippen LogP contribution < -0.4 is 0 Å². The molecule has 2 aromatic rings. The van der Waals surface area contributed by atoms with Gasteiger partial charge in [0.1, 0.15) is 5.82 Å². The van der Waals surface area contributed by atoms with Crippen LogP contribution in [0.2, 0.25) is 5.02 Å². The highest BCUT2D eigenvalue weighted by Gasteiger charge is 2.29. The molecule has 1 aliphatic heterocycles. The third-order valence-corrected chi connectivity index (χ3v) is 5.15. The molecule has 1 aliphatic rings. The number of ether oxygens (including phenoxy) is 1. The number of carbonyl (C=O) groups excluding carboxylic acids is 1. The summed E-state index contributed by atoms with van der Waals surface area (Å²) in [4.78, 5) is 15.8. The van der Waals surface area contributed by atoms with Gasteiger partial charge in [0, 0.05) is 24.1 Å². The molecule has 0 radical (unpaired) electrons. The van der Waals surface area contributed by atoms with E-state index in [1.807, 2.05) is 17.5 Å². The van der Waals surface area contributed by atoms with Gasteiger partial charge >= 0.3 is 0 Å². The van der Waals surface area contributed by atoms with E-state index in [2.05, 4.69) is 0 Å². The van der Waals surface area contributed by atoms with Gasteiger partial charge in [-0.25, -0.2) is 4.39 Å². The number of thiophene rings is 1.